The van der Waals surface area contributed by atoms with E-state index in [2.05, 4.69) is 41.2 Å². The number of pyridine rings is 1. The maximum atomic E-state index is 12.7. The SMILES string of the molecule is Cc1cc(-c2sc(N3C[C@@H](C)O[C@@H](C)C3)nc2CNC(=O)c2ccc(Cl)cc2)cc(C)n1. The van der Waals surface area contributed by atoms with Gasteiger partial charge in [0.25, 0.3) is 5.91 Å². The highest BCUT2D eigenvalue weighted by Crippen LogP contribution is 2.36. The fourth-order valence-corrected chi connectivity index (χ4v) is 5.20. The van der Waals surface area contributed by atoms with Gasteiger partial charge in [0.05, 0.1) is 29.3 Å². The van der Waals surface area contributed by atoms with Gasteiger partial charge in [0, 0.05) is 35.1 Å². The molecule has 1 fully saturated rings. The van der Waals surface area contributed by atoms with E-state index >= 15 is 0 Å². The molecule has 1 saturated heterocycles. The number of amides is 1. The number of morpholine rings is 1. The Kier molecular flexibility index (Phi) is 6.79. The van der Waals surface area contributed by atoms with Crippen molar-refractivity contribution < 1.29 is 9.53 Å². The molecule has 0 unspecified atom stereocenters. The summed E-state index contributed by atoms with van der Waals surface area (Å²) in [5, 5.41) is 4.56. The van der Waals surface area contributed by atoms with Gasteiger partial charge in [0.2, 0.25) is 0 Å². The Labute approximate surface area is 197 Å². The number of aromatic nitrogens is 2. The van der Waals surface area contributed by atoms with Crippen molar-refractivity contribution in [2.75, 3.05) is 18.0 Å². The highest BCUT2D eigenvalue weighted by atomic mass is 35.5. The van der Waals surface area contributed by atoms with Crippen LogP contribution in [0, 0.1) is 13.8 Å². The molecule has 32 heavy (non-hydrogen) atoms. The van der Waals surface area contributed by atoms with Gasteiger partial charge in [0.15, 0.2) is 5.13 Å². The Morgan fingerprint density at radius 2 is 1.75 bits per heavy atom. The van der Waals surface area contributed by atoms with Gasteiger partial charge in [0.1, 0.15) is 0 Å². The molecule has 0 radical (unpaired) electrons. The van der Waals surface area contributed by atoms with Gasteiger partial charge < -0.3 is 15.0 Å². The minimum absolute atomic E-state index is 0.143. The van der Waals surface area contributed by atoms with Gasteiger partial charge in [-0.2, -0.15) is 0 Å². The second kappa shape index (κ2) is 9.57. The van der Waals surface area contributed by atoms with Crippen molar-refractivity contribution in [1.82, 2.24) is 15.3 Å². The van der Waals surface area contributed by atoms with Crippen LogP contribution in [-0.2, 0) is 11.3 Å². The molecule has 0 saturated carbocycles. The highest BCUT2D eigenvalue weighted by Gasteiger charge is 2.26. The molecule has 0 bridgehead atoms. The average Bonchev–Trinajstić information content (AvgIpc) is 3.15. The van der Waals surface area contributed by atoms with E-state index in [-0.39, 0.29) is 18.1 Å². The quantitative estimate of drug-likeness (QED) is 0.567. The first-order valence-corrected chi connectivity index (χ1v) is 11.9. The van der Waals surface area contributed by atoms with Gasteiger partial charge in [-0.15, -0.1) is 0 Å². The van der Waals surface area contributed by atoms with Crippen molar-refractivity contribution in [3.8, 4) is 10.4 Å². The number of nitrogens with zero attached hydrogens (tertiary/aromatic N) is 3. The molecule has 3 heterocycles. The zero-order valence-electron chi connectivity index (χ0n) is 18.7. The maximum absolute atomic E-state index is 12.7. The fraction of sp³-hybridized carbons (Fsp3) is 0.375. The predicted molar refractivity (Wildman–Crippen MR) is 130 cm³/mol. The van der Waals surface area contributed by atoms with Crippen LogP contribution in [0.4, 0.5) is 5.13 Å². The number of hydrogen-bond donors (Lipinski definition) is 1. The summed E-state index contributed by atoms with van der Waals surface area (Å²) in [6, 6.07) is 11.0. The fourth-order valence-electron chi connectivity index (χ4n) is 3.99. The number of carbonyl (C=O) groups is 1. The third-order valence-electron chi connectivity index (χ3n) is 5.24. The molecule has 1 aliphatic heterocycles. The molecule has 2 aromatic heterocycles. The van der Waals surface area contributed by atoms with Crippen molar-refractivity contribution in [2.24, 2.45) is 0 Å². The summed E-state index contributed by atoms with van der Waals surface area (Å²) in [4.78, 5) is 25.4. The summed E-state index contributed by atoms with van der Waals surface area (Å²) in [7, 11) is 0. The van der Waals surface area contributed by atoms with E-state index in [1.165, 1.54) is 0 Å². The summed E-state index contributed by atoms with van der Waals surface area (Å²) in [5.41, 5.74) is 4.41. The number of benzene rings is 1. The Balaban J connectivity index is 1.63. The standard InChI is InChI=1S/C24H27ClN4O2S/c1-14-9-19(10-15(2)27-14)22-21(11-26-23(30)18-5-7-20(25)8-6-18)28-24(32-22)29-12-16(3)31-17(4)13-29/h5-10,16-17H,11-13H2,1-4H3,(H,26,30)/t16-,17+. The Morgan fingerprint density at radius 3 is 2.38 bits per heavy atom. The van der Waals surface area contributed by atoms with Crippen LogP contribution in [0.25, 0.3) is 10.4 Å². The predicted octanol–water partition coefficient (Wildman–Crippen LogP) is 5.02. The van der Waals surface area contributed by atoms with Crippen molar-refractivity contribution in [3.05, 3.63) is 64.1 Å². The van der Waals surface area contributed by atoms with Gasteiger partial charge in [-0.1, -0.05) is 22.9 Å². The third-order valence-corrected chi connectivity index (χ3v) is 6.70. The zero-order valence-corrected chi connectivity index (χ0v) is 20.3. The van der Waals surface area contributed by atoms with E-state index in [4.69, 9.17) is 21.3 Å². The number of carbonyl (C=O) groups excluding carboxylic acids is 1. The summed E-state index contributed by atoms with van der Waals surface area (Å²) in [6.07, 6.45) is 0.286. The van der Waals surface area contributed by atoms with Crippen molar-refractivity contribution >= 4 is 34.0 Å². The van der Waals surface area contributed by atoms with E-state index in [0.717, 1.165) is 45.7 Å². The first-order chi connectivity index (χ1) is 15.3. The Morgan fingerprint density at radius 1 is 1.12 bits per heavy atom. The number of aryl methyl sites for hydroxylation is 2. The summed E-state index contributed by atoms with van der Waals surface area (Å²) >= 11 is 7.59. The molecule has 0 aliphatic carbocycles. The number of hydrogen-bond acceptors (Lipinski definition) is 6. The summed E-state index contributed by atoms with van der Waals surface area (Å²) < 4.78 is 5.89. The van der Waals surface area contributed by atoms with Gasteiger partial charge >= 0.3 is 0 Å². The van der Waals surface area contributed by atoms with Crippen LogP contribution in [0.2, 0.25) is 5.02 Å². The number of nitrogens with one attached hydrogen (secondary N) is 1. The van der Waals surface area contributed by atoms with E-state index in [0.29, 0.717) is 17.1 Å². The lowest BCUT2D eigenvalue weighted by Crippen LogP contribution is -2.45. The van der Waals surface area contributed by atoms with Crippen LogP contribution >= 0.6 is 22.9 Å². The third kappa shape index (κ3) is 5.28. The molecule has 4 rings (SSSR count). The van der Waals surface area contributed by atoms with E-state index in [9.17, 15) is 4.79 Å². The molecule has 1 N–H and O–H groups in total. The van der Waals surface area contributed by atoms with Crippen LogP contribution < -0.4 is 10.2 Å². The van der Waals surface area contributed by atoms with Crippen LogP contribution in [0.15, 0.2) is 36.4 Å². The number of thiazole rings is 1. The lowest BCUT2D eigenvalue weighted by Gasteiger charge is -2.35. The lowest BCUT2D eigenvalue weighted by atomic mass is 10.1. The largest absolute Gasteiger partial charge is 0.372 e. The lowest BCUT2D eigenvalue weighted by molar-refractivity contribution is -0.00523. The maximum Gasteiger partial charge on any atom is 0.251 e. The zero-order chi connectivity index (χ0) is 22.8. The van der Waals surface area contributed by atoms with Gasteiger partial charge in [-0.25, -0.2) is 4.98 Å². The molecule has 6 nitrogen and oxygen atoms in total. The minimum Gasteiger partial charge on any atom is -0.372 e. The van der Waals surface area contributed by atoms with Crippen LogP contribution in [-0.4, -0.2) is 41.2 Å². The van der Waals surface area contributed by atoms with Crippen molar-refractivity contribution in [1.29, 1.82) is 0 Å². The molecule has 3 aromatic rings. The number of ether oxygens (including phenoxy) is 1. The molecular weight excluding hydrogens is 444 g/mol. The molecule has 1 aliphatic rings. The Bertz CT molecular complexity index is 1090. The van der Waals surface area contributed by atoms with E-state index in [1.807, 2.05) is 13.8 Å². The molecular formula is C24H27ClN4O2S. The molecule has 168 valence electrons. The molecule has 1 amide bonds. The summed E-state index contributed by atoms with van der Waals surface area (Å²) in [5.74, 6) is -0.155. The Hall–Kier alpha value is -2.48. The molecule has 2 atom stereocenters. The molecule has 0 spiro atoms. The van der Waals surface area contributed by atoms with Crippen LogP contribution in [0.3, 0.4) is 0 Å². The van der Waals surface area contributed by atoms with Crippen molar-refractivity contribution in [2.45, 2.75) is 46.4 Å². The van der Waals surface area contributed by atoms with E-state index in [1.54, 1.807) is 35.6 Å². The van der Waals surface area contributed by atoms with Crippen LogP contribution in [0.1, 0.15) is 41.3 Å². The smallest absolute Gasteiger partial charge is 0.251 e. The number of halogens is 1. The average molecular weight is 471 g/mol. The normalized spacial score (nSPS) is 18.6. The monoisotopic (exact) mass is 470 g/mol. The highest BCUT2D eigenvalue weighted by molar-refractivity contribution is 7.19. The second-order valence-electron chi connectivity index (χ2n) is 8.26. The molecule has 8 heteroatoms. The van der Waals surface area contributed by atoms with E-state index < -0.39 is 0 Å². The van der Waals surface area contributed by atoms with Crippen LogP contribution in [0.5, 0.6) is 0 Å². The first kappa shape index (κ1) is 22.7. The summed E-state index contributed by atoms with van der Waals surface area (Å²) in [6.45, 7) is 10.1. The topological polar surface area (TPSA) is 67.3 Å². The minimum atomic E-state index is -0.155. The number of rotatable bonds is 5. The van der Waals surface area contributed by atoms with Gasteiger partial charge in [-0.05, 0) is 69.7 Å². The molecule has 1 aromatic carbocycles. The first-order valence-electron chi connectivity index (χ1n) is 10.7. The number of anilines is 1. The second-order valence-corrected chi connectivity index (χ2v) is 9.68. The van der Waals surface area contributed by atoms with Crippen molar-refractivity contribution in [3.63, 3.8) is 0 Å². The van der Waals surface area contributed by atoms with Gasteiger partial charge in [-0.3, -0.25) is 9.78 Å².